The highest BCUT2D eigenvalue weighted by atomic mass is 19.1. The monoisotopic (exact) mass is 495 g/mol. The van der Waals surface area contributed by atoms with E-state index in [0.717, 1.165) is 63.3 Å². The van der Waals surface area contributed by atoms with E-state index in [1.54, 1.807) is 25.3 Å². The maximum atomic E-state index is 14.0. The van der Waals surface area contributed by atoms with Gasteiger partial charge in [0.25, 0.3) is 0 Å². The molecule has 0 saturated carbocycles. The van der Waals surface area contributed by atoms with Gasteiger partial charge in [-0.15, -0.1) is 0 Å². The maximum Gasteiger partial charge on any atom is 0.165 e. The Bertz CT molecular complexity index is 1120. The second-order valence-corrected chi connectivity index (χ2v) is 9.74. The summed E-state index contributed by atoms with van der Waals surface area (Å²) in [5.41, 5.74) is 3.06. The summed E-state index contributed by atoms with van der Waals surface area (Å²) in [5.74, 6) is 0.842. The summed E-state index contributed by atoms with van der Waals surface area (Å²) in [7, 11) is 1.73. The molecule has 0 aliphatic carbocycles. The Morgan fingerprint density at radius 3 is 2.64 bits per heavy atom. The highest BCUT2D eigenvalue weighted by molar-refractivity contribution is 5.28. The molecule has 3 aromatic rings. The number of hydrogen-bond acceptors (Lipinski definition) is 5. The van der Waals surface area contributed by atoms with Gasteiger partial charge in [0.2, 0.25) is 0 Å². The fourth-order valence-corrected chi connectivity index (χ4v) is 4.86. The largest absolute Gasteiger partial charge is 0.494 e. The standard InChI is InChI=1S/C29H38FN3O3/c1-23-19-24(2)33(31-23)16-8-18-35-26-10-6-9-25(20-26)21-32-15-7-13-29(34-3,14-17-32)22-36-28-12-5-4-11-27(28)30/h4-6,9-12,19-20H,7-8,13-18,21-22H2,1-3H3/t29-/m0/s1. The molecular weight excluding hydrogens is 457 g/mol. The zero-order valence-corrected chi connectivity index (χ0v) is 21.7. The van der Waals surface area contributed by atoms with E-state index < -0.39 is 5.60 Å². The van der Waals surface area contributed by atoms with Gasteiger partial charge >= 0.3 is 0 Å². The van der Waals surface area contributed by atoms with Gasteiger partial charge in [-0.2, -0.15) is 5.10 Å². The fraction of sp³-hybridized carbons (Fsp3) is 0.483. The first-order chi connectivity index (χ1) is 17.5. The number of halogens is 1. The molecule has 0 bridgehead atoms. The summed E-state index contributed by atoms with van der Waals surface area (Å²) in [6.45, 7) is 8.69. The van der Waals surface area contributed by atoms with Crippen LogP contribution >= 0.6 is 0 Å². The van der Waals surface area contributed by atoms with Crippen LogP contribution in [0.15, 0.2) is 54.6 Å². The van der Waals surface area contributed by atoms with Gasteiger partial charge in [-0.05, 0) is 75.5 Å². The van der Waals surface area contributed by atoms with E-state index in [1.165, 1.54) is 17.3 Å². The van der Waals surface area contributed by atoms with Crippen LogP contribution in [0.1, 0.15) is 42.6 Å². The average molecular weight is 496 g/mol. The Balaban J connectivity index is 1.26. The van der Waals surface area contributed by atoms with E-state index in [0.29, 0.717) is 13.2 Å². The number of likely N-dealkylation sites (tertiary alicyclic amines) is 1. The van der Waals surface area contributed by atoms with Crippen LogP contribution in [0.4, 0.5) is 4.39 Å². The van der Waals surface area contributed by atoms with Crippen molar-refractivity contribution in [2.75, 3.05) is 33.4 Å². The lowest BCUT2D eigenvalue weighted by Crippen LogP contribution is -2.39. The average Bonchev–Trinajstić information content (AvgIpc) is 3.07. The molecule has 1 aliphatic heterocycles. The van der Waals surface area contributed by atoms with Crippen LogP contribution in [-0.4, -0.2) is 53.7 Å². The molecule has 1 aliphatic rings. The third kappa shape index (κ3) is 7.08. The number of nitrogens with zero attached hydrogens (tertiary/aromatic N) is 3. The number of ether oxygens (including phenoxy) is 3. The molecule has 1 saturated heterocycles. The van der Waals surface area contributed by atoms with Crippen molar-refractivity contribution in [3.8, 4) is 11.5 Å². The topological polar surface area (TPSA) is 48.8 Å². The van der Waals surface area contributed by atoms with Crippen molar-refractivity contribution >= 4 is 0 Å². The van der Waals surface area contributed by atoms with Crippen molar-refractivity contribution in [2.24, 2.45) is 0 Å². The summed E-state index contributed by atoms with van der Waals surface area (Å²) in [4.78, 5) is 2.45. The van der Waals surface area contributed by atoms with Crippen LogP contribution in [0.25, 0.3) is 0 Å². The maximum absolute atomic E-state index is 14.0. The molecule has 6 nitrogen and oxygen atoms in total. The molecule has 0 radical (unpaired) electrons. The first-order valence-electron chi connectivity index (χ1n) is 12.8. The minimum Gasteiger partial charge on any atom is -0.494 e. The lowest BCUT2D eigenvalue weighted by atomic mass is 9.95. The smallest absolute Gasteiger partial charge is 0.165 e. The Labute approximate surface area is 214 Å². The first-order valence-corrected chi connectivity index (χ1v) is 12.8. The molecule has 1 atom stereocenters. The summed E-state index contributed by atoms with van der Waals surface area (Å²) in [6.07, 6.45) is 3.62. The normalized spacial score (nSPS) is 18.7. The Morgan fingerprint density at radius 1 is 1.00 bits per heavy atom. The SMILES string of the molecule is CO[C@@]1(COc2ccccc2F)CCCN(Cc2cccc(OCCCn3nc(C)cc3C)c2)CC1. The van der Waals surface area contributed by atoms with Gasteiger partial charge < -0.3 is 14.2 Å². The minimum atomic E-state index is -0.409. The molecule has 194 valence electrons. The predicted molar refractivity (Wildman–Crippen MR) is 139 cm³/mol. The van der Waals surface area contributed by atoms with Crippen LogP contribution in [0.2, 0.25) is 0 Å². The quantitative estimate of drug-likeness (QED) is 0.326. The van der Waals surface area contributed by atoms with Crippen LogP contribution in [0, 0.1) is 19.7 Å². The van der Waals surface area contributed by atoms with Crippen LogP contribution < -0.4 is 9.47 Å². The molecule has 0 spiro atoms. The number of aromatic nitrogens is 2. The highest BCUT2D eigenvalue weighted by Crippen LogP contribution is 2.29. The van der Waals surface area contributed by atoms with Crippen LogP contribution in [0.3, 0.4) is 0 Å². The Morgan fingerprint density at radius 2 is 1.86 bits per heavy atom. The molecule has 0 N–H and O–H groups in total. The fourth-order valence-electron chi connectivity index (χ4n) is 4.86. The van der Waals surface area contributed by atoms with Gasteiger partial charge in [-0.25, -0.2) is 4.39 Å². The zero-order chi connectivity index (χ0) is 25.4. The minimum absolute atomic E-state index is 0.279. The lowest BCUT2D eigenvalue weighted by molar-refractivity contribution is -0.0548. The molecule has 0 amide bonds. The molecule has 36 heavy (non-hydrogen) atoms. The second-order valence-electron chi connectivity index (χ2n) is 9.74. The third-order valence-corrected chi connectivity index (χ3v) is 6.94. The van der Waals surface area contributed by atoms with Gasteiger partial charge in [0.15, 0.2) is 11.6 Å². The molecule has 0 unspecified atom stereocenters. The molecule has 4 rings (SSSR count). The van der Waals surface area contributed by atoms with E-state index in [-0.39, 0.29) is 11.6 Å². The van der Waals surface area contributed by atoms with Gasteiger partial charge in [0, 0.05) is 38.9 Å². The number of para-hydroxylation sites is 1. The van der Waals surface area contributed by atoms with Gasteiger partial charge in [0.05, 0.1) is 12.3 Å². The van der Waals surface area contributed by atoms with Gasteiger partial charge in [-0.1, -0.05) is 24.3 Å². The van der Waals surface area contributed by atoms with E-state index in [4.69, 9.17) is 14.2 Å². The second kappa shape index (κ2) is 12.4. The van der Waals surface area contributed by atoms with Crippen molar-refractivity contribution in [1.82, 2.24) is 14.7 Å². The van der Waals surface area contributed by atoms with E-state index in [1.807, 2.05) is 17.7 Å². The number of rotatable bonds is 11. The van der Waals surface area contributed by atoms with E-state index in [9.17, 15) is 4.39 Å². The van der Waals surface area contributed by atoms with Crippen LogP contribution in [0.5, 0.6) is 11.5 Å². The van der Waals surface area contributed by atoms with Crippen molar-refractivity contribution in [3.63, 3.8) is 0 Å². The summed E-state index contributed by atoms with van der Waals surface area (Å²) in [5, 5.41) is 4.51. The molecule has 2 heterocycles. The molecule has 1 aromatic heterocycles. The van der Waals surface area contributed by atoms with Gasteiger partial charge in [0.1, 0.15) is 18.0 Å². The number of hydrogen-bond donors (Lipinski definition) is 0. The lowest BCUT2D eigenvalue weighted by Gasteiger charge is -2.31. The summed E-state index contributed by atoms with van der Waals surface area (Å²) >= 11 is 0. The van der Waals surface area contributed by atoms with E-state index in [2.05, 4.69) is 41.2 Å². The highest BCUT2D eigenvalue weighted by Gasteiger charge is 2.34. The molecular formula is C29H38FN3O3. The Hall–Kier alpha value is -2.90. The number of benzene rings is 2. The molecule has 1 fully saturated rings. The number of methoxy groups -OCH3 is 1. The van der Waals surface area contributed by atoms with Crippen LogP contribution in [-0.2, 0) is 17.8 Å². The summed E-state index contributed by atoms with van der Waals surface area (Å²) < 4.78 is 33.8. The van der Waals surface area contributed by atoms with Crippen molar-refractivity contribution in [2.45, 2.75) is 58.2 Å². The van der Waals surface area contributed by atoms with Gasteiger partial charge in [-0.3, -0.25) is 9.58 Å². The van der Waals surface area contributed by atoms with Crippen molar-refractivity contribution < 1.29 is 18.6 Å². The number of aryl methyl sites for hydroxylation is 3. The molecule has 7 heteroatoms. The predicted octanol–water partition coefficient (Wildman–Crippen LogP) is 5.56. The van der Waals surface area contributed by atoms with Crippen molar-refractivity contribution in [3.05, 3.63) is 77.4 Å². The first kappa shape index (κ1) is 26.2. The molecule has 2 aromatic carbocycles. The zero-order valence-electron chi connectivity index (χ0n) is 21.7. The van der Waals surface area contributed by atoms with E-state index >= 15 is 0 Å². The summed E-state index contributed by atoms with van der Waals surface area (Å²) in [6, 6.07) is 17.0. The third-order valence-electron chi connectivity index (χ3n) is 6.94. The van der Waals surface area contributed by atoms with Crippen molar-refractivity contribution in [1.29, 1.82) is 0 Å². The Kier molecular flexibility index (Phi) is 8.99.